The summed E-state index contributed by atoms with van der Waals surface area (Å²) >= 11 is 3.12. The minimum Gasteiger partial charge on any atom is -0.396 e. The summed E-state index contributed by atoms with van der Waals surface area (Å²) < 4.78 is 40.8. The minimum absolute atomic E-state index is 0.00449. The van der Waals surface area contributed by atoms with E-state index in [2.05, 4.69) is 22.5 Å². The molecule has 0 spiro atoms. The first-order valence-electron chi connectivity index (χ1n) is 6.75. The topological polar surface area (TPSA) is 63.4 Å². The van der Waals surface area contributed by atoms with Gasteiger partial charge in [-0.3, -0.25) is 0 Å². The Bertz CT molecular complexity index is 643. The largest absolute Gasteiger partial charge is 0.396 e. The highest BCUT2D eigenvalue weighted by Gasteiger charge is 2.34. The number of hydrogen-bond donors (Lipinski definition) is 1. The molecule has 0 saturated heterocycles. The van der Waals surface area contributed by atoms with Crippen molar-refractivity contribution in [3.63, 3.8) is 0 Å². The van der Waals surface area contributed by atoms with E-state index in [0.717, 1.165) is 31.7 Å². The van der Waals surface area contributed by atoms with E-state index in [0.29, 0.717) is 0 Å². The first-order valence-corrected chi connectivity index (χ1v) is 8.98. The van der Waals surface area contributed by atoms with Crippen LogP contribution in [-0.4, -0.2) is 25.3 Å². The normalized spacial score (nSPS) is 16.5. The fourth-order valence-electron chi connectivity index (χ4n) is 2.63. The van der Waals surface area contributed by atoms with E-state index >= 15 is 0 Å². The predicted molar refractivity (Wildman–Crippen MR) is 84.9 cm³/mol. The first-order chi connectivity index (χ1) is 9.87. The van der Waals surface area contributed by atoms with Crippen molar-refractivity contribution in [2.45, 2.75) is 36.6 Å². The van der Waals surface area contributed by atoms with Crippen LogP contribution in [0.1, 0.15) is 25.7 Å². The molecule has 116 valence electrons. The second-order valence-corrected chi connectivity index (χ2v) is 7.82. The standard InChI is InChI=1S/C14H18BrFN2O2S/c1-2-7-18(10-5-3-4-6-10)21(19,20)14-9-13(17)12(16)8-11(14)15/h2,8-10H,1,3-7,17H2. The van der Waals surface area contributed by atoms with Crippen molar-refractivity contribution in [2.24, 2.45) is 0 Å². The summed E-state index contributed by atoms with van der Waals surface area (Å²) in [6.07, 6.45) is 5.26. The molecule has 0 bridgehead atoms. The molecule has 0 unspecified atom stereocenters. The number of anilines is 1. The zero-order valence-electron chi connectivity index (χ0n) is 11.6. The lowest BCUT2D eigenvalue weighted by atomic mass is 10.2. The smallest absolute Gasteiger partial charge is 0.244 e. The lowest BCUT2D eigenvalue weighted by Crippen LogP contribution is -2.39. The van der Waals surface area contributed by atoms with Crippen molar-refractivity contribution in [1.29, 1.82) is 0 Å². The van der Waals surface area contributed by atoms with Crippen molar-refractivity contribution in [1.82, 2.24) is 4.31 Å². The Hall–Kier alpha value is -0.920. The van der Waals surface area contributed by atoms with Gasteiger partial charge in [-0.2, -0.15) is 4.31 Å². The van der Waals surface area contributed by atoms with Crippen molar-refractivity contribution < 1.29 is 12.8 Å². The van der Waals surface area contributed by atoms with Crippen LogP contribution in [0.15, 0.2) is 34.2 Å². The third-order valence-electron chi connectivity index (χ3n) is 3.68. The number of halogens is 2. The molecule has 0 heterocycles. The third-order valence-corrected chi connectivity index (χ3v) is 6.56. The van der Waals surface area contributed by atoms with Crippen molar-refractivity contribution in [3.05, 3.63) is 35.1 Å². The van der Waals surface area contributed by atoms with Crippen LogP contribution in [0.5, 0.6) is 0 Å². The highest BCUT2D eigenvalue weighted by atomic mass is 79.9. The van der Waals surface area contributed by atoms with Gasteiger partial charge in [0.2, 0.25) is 10.0 Å². The van der Waals surface area contributed by atoms with Gasteiger partial charge < -0.3 is 5.73 Å². The molecule has 1 aromatic carbocycles. The molecular weight excluding hydrogens is 359 g/mol. The number of hydrogen-bond acceptors (Lipinski definition) is 3. The summed E-state index contributed by atoms with van der Waals surface area (Å²) in [5.41, 5.74) is 5.34. The molecule has 1 aromatic rings. The molecule has 0 radical (unpaired) electrons. The second-order valence-electron chi connectivity index (χ2n) is 5.11. The Morgan fingerprint density at radius 2 is 2.05 bits per heavy atom. The molecule has 0 aliphatic heterocycles. The molecule has 1 aliphatic carbocycles. The minimum atomic E-state index is -3.75. The van der Waals surface area contributed by atoms with E-state index in [9.17, 15) is 12.8 Å². The summed E-state index contributed by atoms with van der Waals surface area (Å²) in [6, 6.07) is 2.22. The van der Waals surface area contributed by atoms with Crippen LogP contribution < -0.4 is 5.73 Å². The molecule has 1 aliphatic rings. The van der Waals surface area contributed by atoms with Gasteiger partial charge in [0, 0.05) is 17.1 Å². The number of nitrogens with two attached hydrogens (primary N) is 1. The van der Waals surface area contributed by atoms with E-state index in [1.165, 1.54) is 10.4 Å². The molecule has 1 fully saturated rings. The van der Waals surface area contributed by atoms with Gasteiger partial charge in [0.25, 0.3) is 0 Å². The summed E-state index contributed by atoms with van der Waals surface area (Å²) in [4.78, 5) is -0.00449. The zero-order chi connectivity index (χ0) is 15.6. The molecule has 21 heavy (non-hydrogen) atoms. The highest BCUT2D eigenvalue weighted by molar-refractivity contribution is 9.10. The molecule has 2 N–H and O–H groups in total. The maximum atomic E-state index is 13.4. The average molecular weight is 377 g/mol. The first kappa shape index (κ1) is 16.5. The maximum absolute atomic E-state index is 13.4. The number of nitrogen functional groups attached to an aromatic ring is 1. The molecule has 2 rings (SSSR count). The molecule has 0 atom stereocenters. The number of benzene rings is 1. The van der Waals surface area contributed by atoms with Gasteiger partial charge in [-0.05, 0) is 40.9 Å². The monoisotopic (exact) mass is 376 g/mol. The van der Waals surface area contributed by atoms with Crippen LogP contribution in [0.3, 0.4) is 0 Å². The summed E-state index contributed by atoms with van der Waals surface area (Å²) in [5, 5.41) is 0. The van der Waals surface area contributed by atoms with Crippen LogP contribution in [0, 0.1) is 5.82 Å². The van der Waals surface area contributed by atoms with Crippen molar-refractivity contribution in [2.75, 3.05) is 12.3 Å². The maximum Gasteiger partial charge on any atom is 0.244 e. The lowest BCUT2D eigenvalue weighted by molar-refractivity contribution is 0.347. The van der Waals surface area contributed by atoms with Crippen LogP contribution in [0.2, 0.25) is 0 Å². The predicted octanol–water partition coefficient (Wildman–Crippen LogP) is 3.29. The third kappa shape index (κ3) is 3.30. The molecule has 0 amide bonds. The van der Waals surface area contributed by atoms with Crippen molar-refractivity contribution >= 4 is 31.6 Å². The molecule has 1 saturated carbocycles. The molecule has 4 nitrogen and oxygen atoms in total. The van der Waals surface area contributed by atoms with Gasteiger partial charge in [-0.15, -0.1) is 6.58 Å². The van der Waals surface area contributed by atoms with E-state index < -0.39 is 15.8 Å². The van der Waals surface area contributed by atoms with Crippen LogP contribution in [0.4, 0.5) is 10.1 Å². The molecule has 7 heteroatoms. The van der Waals surface area contributed by atoms with Crippen molar-refractivity contribution in [3.8, 4) is 0 Å². The fraction of sp³-hybridized carbons (Fsp3) is 0.429. The Labute approximate surface area is 133 Å². The van der Waals surface area contributed by atoms with Crippen LogP contribution in [0.25, 0.3) is 0 Å². The van der Waals surface area contributed by atoms with E-state index in [-0.39, 0.29) is 27.6 Å². The Morgan fingerprint density at radius 3 is 2.62 bits per heavy atom. The van der Waals surface area contributed by atoms with Gasteiger partial charge in [0.1, 0.15) is 5.82 Å². The zero-order valence-corrected chi connectivity index (χ0v) is 14.0. The quantitative estimate of drug-likeness (QED) is 0.633. The Morgan fingerprint density at radius 1 is 1.43 bits per heavy atom. The fourth-order valence-corrected chi connectivity index (χ4v) is 5.30. The number of sulfonamides is 1. The number of nitrogens with zero attached hydrogens (tertiary/aromatic N) is 1. The highest BCUT2D eigenvalue weighted by Crippen LogP contribution is 2.33. The molecular formula is C14H18BrFN2O2S. The Balaban J connectivity index is 2.47. The van der Waals surface area contributed by atoms with Gasteiger partial charge in [-0.25, -0.2) is 12.8 Å². The summed E-state index contributed by atoms with van der Waals surface area (Å²) in [6.45, 7) is 3.86. The van der Waals surface area contributed by atoms with Gasteiger partial charge in [-0.1, -0.05) is 18.9 Å². The SMILES string of the molecule is C=CCN(C1CCCC1)S(=O)(=O)c1cc(N)c(F)cc1Br. The van der Waals surface area contributed by atoms with Crippen LogP contribution in [-0.2, 0) is 10.0 Å². The van der Waals surface area contributed by atoms with Gasteiger partial charge in [0.15, 0.2) is 0 Å². The van der Waals surface area contributed by atoms with Crippen LogP contribution >= 0.6 is 15.9 Å². The second kappa shape index (κ2) is 6.46. The summed E-state index contributed by atoms with van der Waals surface area (Å²) in [7, 11) is -3.75. The van der Waals surface area contributed by atoms with E-state index in [1.807, 2.05) is 0 Å². The van der Waals surface area contributed by atoms with E-state index in [4.69, 9.17) is 5.73 Å². The molecule has 0 aromatic heterocycles. The number of rotatable bonds is 5. The Kier molecular flexibility index (Phi) is 5.06. The van der Waals surface area contributed by atoms with Gasteiger partial charge in [0.05, 0.1) is 10.6 Å². The van der Waals surface area contributed by atoms with E-state index in [1.54, 1.807) is 6.08 Å². The lowest BCUT2D eigenvalue weighted by Gasteiger charge is -2.27. The summed E-state index contributed by atoms with van der Waals surface area (Å²) in [5.74, 6) is -0.642. The van der Waals surface area contributed by atoms with Gasteiger partial charge >= 0.3 is 0 Å². The average Bonchev–Trinajstić information content (AvgIpc) is 2.93.